The number of halogens is 1. The summed E-state index contributed by atoms with van der Waals surface area (Å²) in [6, 6.07) is 5.16. The third kappa shape index (κ3) is 3.51. The number of anilines is 1. The average molecular weight is 278 g/mol. The summed E-state index contributed by atoms with van der Waals surface area (Å²) >= 11 is 0. The monoisotopic (exact) mass is 278 g/mol. The van der Waals surface area contributed by atoms with E-state index in [0.29, 0.717) is 12.0 Å². The fourth-order valence-corrected chi connectivity index (χ4v) is 3.18. The third-order valence-corrected chi connectivity index (χ3v) is 4.47. The summed E-state index contributed by atoms with van der Waals surface area (Å²) in [6.07, 6.45) is 2.44. The summed E-state index contributed by atoms with van der Waals surface area (Å²) in [6.45, 7) is 9.85. The molecule has 1 aromatic rings. The Kier molecular flexibility index (Phi) is 4.69. The highest BCUT2D eigenvalue weighted by Gasteiger charge is 2.29. The van der Waals surface area contributed by atoms with Gasteiger partial charge in [0.05, 0.1) is 0 Å². The van der Waals surface area contributed by atoms with Gasteiger partial charge in [0.25, 0.3) is 0 Å². The number of hydrogen-bond acceptors (Lipinski definition) is 2. The first-order chi connectivity index (χ1) is 9.41. The summed E-state index contributed by atoms with van der Waals surface area (Å²) in [5.41, 5.74) is 2.64. The van der Waals surface area contributed by atoms with Crippen LogP contribution in [0.5, 0.6) is 0 Å². The maximum absolute atomic E-state index is 13.4. The van der Waals surface area contributed by atoms with Gasteiger partial charge in [-0.15, -0.1) is 0 Å². The maximum Gasteiger partial charge on any atom is 0.123 e. The molecule has 0 amide bonds. The number of nitrogens with one attached hydrogen (secondary N) is 1. The van der Waals surface area contributed by atoms with Crippen LogP contribution in [-0.2, 0) is 6.54 Å². The highest BCUT2D eigenvalue weighted by atomic mass is 19.1. The van der Waals surface area contributed by atoms with Crippen LogP contribution in [0.4, 0.5) is 10.1 Å². The van der Waals surface area contributed by atoms with Crippen molar-refractivity contribution in [3.63, 3.8) is 0 Å². The first-order valence-corrected chi connectivity index (χ1v) is 7.60. The first-order valence-electron chi connectivity index (χ1n) is 7.60. The largest absolute Gasteiger partial charge is 0.371 e. The van der Waals surface area contributed by atoms with Gasteiger partial charge in [-0.1, -0.05) is 20.8 Å². The zero-order valence-electron chi connectivity index (χ0n) is 13.2. The van der Waals surface area contributed by atoms with Crippen molar-refractivity contribution >= 4 is 5.69 Å². The van der Waals surface area contributed by atoms with Crippen molar-refractivity contribution < 1.29 is 4.39 Å². The normalized spacial score (nSPS) is 17.6. The molecule has 0 radical (unpaired) electrons. The molecule has 112 valence electrons. The minimum absolute atomic E-state index is 0.149. The van der Waals surface area contributed by atoms with Crippen molar-refractivity contribution in [1.82, 2.24) is 5.32 Å². The second-order valence-electron chi connectivity index (χ2n) is 6.93. The smallest absolute Gasteiger partial charge is 0.123 e. The summed E-state index contributed by atoms with van der Waals surface area (Å²) < 4.78 is 13.4. The Morgan fingerprint density at radius 1 is 1.25 bits per heavy atom. The van der Waals surface area contributed by atoms with Crippen LogP contribution >= 0.6 is 0 Å². The Morgan fingerprint density at radius 3 is 2.45 bits per heavy atom. The second-order valence-corrected chi connectivity index (χ2v) is 6.93. The van der Waals surface area contributed by atoms with Crippen molar-refractivity contribution in [1.29, 1.82) is 0 Å². The van der Waals surface area contributed by atoms with Crippen molar-refractivity contribution in [2.45, 2.75) is 40.2 Å². The second kappa shape index (κ2) is 6.13. The SMILES string of the molecule is CNCc1cc(F)ccc1N1CCC(C(C)(C)C)CC1. The number of piperidine rings is 1. The Labute approximate surface area is 122 Å². The topological polar surface area (TPSA) is 15.3 Å². The molecular weight excluding hydrogens is 251 g/mol. The van der Waals surface area contributed by atoms with E-state index < -0.39 is 0 Å². The molecule has 2 nitrogen and oxygen atoms in total. The average Bonchev–Trinajstić information content (AvgIpc) is 2.38. The standard InChI is InChI=1S/C17H27FN2/c1-17(2,3)14-7-9-20(10-8-14)16-6-5-15(18)11-13(16)12-19-4/h5-6,11,14,19H,7-10,12H2,1-4H3. The van der Waals surface area contributed by atoms with Crippen molar-refractivity contribution in [2.75, 3.05) is 25.0 Å². The van der Waals surface area contributed by atoms with Gasteiger partial charge < -0.3 is 10.2 Å². The molecule has 0 aromatic heterocycles. The zero-order chi connectivity index (χ0) is 14.8. The van der Waals surface area contributed by atoms with Crippen molar-refractivity contribution in [2.24, 2.45) is 11.3 Å². The lowest BCUT2D eigenvalue weighted by atomic mass is 9.75. The van der Waals surface area contributed by atoms with Crippen molar-refractivity contribution in [3.8, 4) is 0 Å². The van der Waals surface area contributed by atoms with Gasteiger partial charge in [-0.25, -0.2) is 4.39 Å². The molecule has 0 aliphatic carbocycles. The molecule has 1 fully saturated rings. The van der Waals surface area contributed by atoms with Crippen LogP contribution in [0.2, 0.25) is 0 Å². The Morgan fingerprint density at radius 2 is 1.90 bits per heavy atom. The Bertz CT molecular complexity index is 443. The van der Waals surface area contributed by atoms with Gasteiger partial charge in [0, 0.05) is 25.3 Å². The van der Waals surface area contributed by atoms with E-state index in [-0.39, 0.29) is 5.82 Å². The van der Waals surface area contributed by atoms with Gasteiger partial charge in [-0.3, -0.25) is 0 Å². The van der Waals surface area contributed by atoms with Crippen LogP contribution in [-0.4, -0.2) is 20.1 Å². The minimum Gasteiger partial charge on any atom is -0.371 e. The van der Waals surface area contributed by atoms with E-state index in [2.05, 4.69) is 31.0 Å². The van der Waals surface area contributed by atoms with Crippen molar-refractivity contribution in [3.05, 3.63) is 29.6 Å². The molecule has 0 bridgehead atoms. The number of benzene rings is 1. The Hall–Kier alpha value is -1.09. The molecular formula is C17H27FN2. The maximum atomic E-state index is 13.4. The van der Waals surface area contributed by atoms with Gasteiger partial charge in [-0.05, 0) is 55.0 Å². The van der Waals surface area contributed by atoms with Crippen LogP contribution < -0.4 is 10.2 Å². The molecule has 0 unspecified atom stereocenters. The molecule has 1 N–H and O–H groups in total. The zero-order valence-corrected chi connectivity index (χ0v) is 13.2. The summed E-state index contributed by atoms with van der Waals surface area (Å²) in [5, 5.41) is 3.13. The first kappa shape index (κ1) is 15.3. The predicted molar refractivity (Wildman–Crippen MR) is 83.6 cm³/mol. The van der Waals surface area contributed by atoms with Gasteiger partial charge in [0.2, 0.25) is 0 Å². The molecule has 1 heterocycles. The van der Waals surface area contributed by atoms with Crippen LogP contribution in [0.3, 0.4) is 0 Å². The van der Waals surface area contributed by atoms with Crippen LogP contribution in [0.25, 0.3) is 0 Å². The molecule has 0 spiro atoms. The summed E-state index contributed by atoms with van der Waals surface area (Å²) in [5.74, 6) is 0.635. The lowest BCUT2D eigenvalue weighted by molar-refractivity contribution is 0.199. The predicted octanol–water partition coefficient (Wildman–Crippen LogP) is 3.81. The van der Waals surface area contributed by atoms with E-state index in [9.17, 15) is 4.39 Å². The van der Waals surface area contributed by atoms with Crippen LogP contribution in [0, 0.1) is 17.2 Å². The van der Waals surface area contributed by atoms with E-state index in [4.69, 9.17) is 0 Å². The molecule has 1 saturated heterocycles. The number of rotatable bonds is 3. The molecule has 0 atom stereocenters. The number of nitrogens with zero attached hydrogens (tertiary/aromatic N) is 1. The summed E-state index contributed by atoms with van der Waals surface area (Å²) in [7, 11) is 1.90. The fraction of sp³-hybridized carbons (Fsp3) is 0.647. The number of hydrogen-bond donors (Lipinski definition) is 1. The highest BCUT2D eigenvalue weighted by molar-refractivity contribution is 5.54. The lowest BCUT2D eigenvalue weighted by Crippen LogP contribution is -2.38. The third-order valence-electron chi connectivity index (χ3n) is 4.47. The minimum atomic E-state index is -0.149. The molecule has 1 aliphatic heterocycles. The van der Waals surface area contributed by atoms with Gasteiger partial charge in [0.1, 0.15) is 5.82 Å². The molecule has 0 saturated carbocycles. The van der Waals surface area contributed by atoms with E-state index in [1.165, 1.54) is 18.5 Å². The molecule has 3 heteroatoms. The molecule has 20 heavy (non-hydrogen) atoms. The van der Waals surface area contributed by atoms with E-state index in [1.54, 1.807) is 12.1 Å². The quantitative estimate of drug-likeness (QED) is 0.904. The van der Waals surface area contributed by atoms with Gasteiger partial charge in [0.15, 0.2) is 0 Å². The van der Waals surface area contributed by atoms with Gasteiger partial charge >= 0.3 is 0 Å². The van der Waals surface area contributed by atoms with Crippen LogP contribution in [0.1, 0.15) is 39.2 Å². The van der Waals surface area contributed by atoms with E-state index >= 15 is 0 Å². The van der Waals surface area contributed by atoms with Crippen LogP contribution in [0.15, 0.2) is 18.2 Å². The van der Waals surface area contributed by atoms with Gasteiger partial charge in [-0.2, -0.15) is 0 Å². The molecule has 1 aromatic carbocycles. The Balaban J connectivity index is 2.10. The fourth-order valence-electron chi connectivity index (χ4n) is 3.18. The summed E-state index contributed by atoms with van der Waals surface area (Å²) in [4.78, 5) is 2.41. The van der Waals surface area contributed by atoms with E-state index in [1.807, 2.05) is 13.1 Å². The molecule has 1 aliphatic rings. The lowest BCUT2D eigenvalue weighted by Gasteiger charge is -2.40. The highest BCUT2D eigenvalue weighted by Crippen LogP contribution is 2.36. The molecule has 2 rings (SSSR count). The van der Waals surface area contributed by atoms with E-state index in [0.717, 1.165) is 24.6 Å².